The van der Waals surface area contributed by atoms with Gasteiger partial charge in [-0.25, -0.2) is 0 Å². The third-order valence-corrected chi connectivity index (χ3v) is 3.63. The van der Waals surface area contributed by atoms with Gasteiger partial charge in [-0.3, -0.25) is 0 Å². The lowest BCUT2D eigenvalue weighted by atomic mass is 9.97. The van der Waals surface area contributed by atoms with Gasteiger partial charge in [-0.1, -0.05) is 35.9 Å². The van der Waals surface area contributed by atoms with Crippen LogP contribution in [0.3, 0.4) is 0 Å². The molecule has 0 spiro atoms. The van der Waals surface area contributed by atoms with Crippen LogP contribution in [-0.2, 0) is 6.54 Å². The van der Waals surface area contributed by atoms with E-state index in [-0.39, 0.29) is 0 Å². The molecule has 2 aromatic rings. The lowest BCUT2D eigenvalue weighted by Crippen LogP contribution is -2.06. The summed E-state index contributed by atoms with van der Waals surface area (Å²) >= 11 is 0. The molecule has 1 aliphatic rings. The maximum atomic E-state index is 5.81. The molecular formula is C18H21NO. The Morgan fingerprint density at radius 3 is 2.50 bits per heavy atom. The van der Waals surface area contributed by atoms with E-state index in [0.717, 1.165) is 12.3 Å². The average Bonchev–Trinajstić information content (AvgIpc) is 3.26. The molecule has 2 aromatic carbocycles. The van der Waals surface area contributed by atoms with Gasteiger partial charge in [0.25, 0.3) is 0 Å². The number of rotatable bonds is 5. The molecule has 104 valence electrons. The zero-order chi connectivity index (χ0) is 13.9. The van der Waals surface area contributed by atoms with Gasteiger partial charge >= 0.3 is 0 Å². The van der Waals surface area contributed by atoms with Gasteiger partial charge < -0.3 is 10.1 Å². The fourth-order valence-electron chi connectivity index (χ4n) is 2.40. The van der Waals surface area contributed by atoms with Crippen LogP contribution in [-0.4, -0.2) is 13.2 Å². The van der Waals surface area contributed by atoms with Crippen LogP contribution in [0.4, 0.5) is 0 Å². The molecule has 0 unspecified atom stereocenters. The normalized spacial score (nSPS) is 14.3. The zero-order valence-corrected chi connectivity index (χ0v) is 12.1. The van der Waals surface area contributed by atoms with Crippen molar-refractivity contribution in [1.29, 1.82) is 0 Å². The molecule has 0 bridgehead atoms. The first-order valence-corrected chi connectivity index (χ1v) is 7.27. The molecule has 0 atom stereocenters. The molecule has 1 fully saturated rings. The second-order valence-corrected chi connectivity index (χ2v) is 5.53. The molecule has 1 aliphatic carbocycles. The predicted molar refractivity (Wildman–Crippen MR) is 83.0 cm³/mol. The molecule has 0 aliphatic heterocycles. The van der Waals surface area contributed by atoms with Gasteiger partial charge in [-0.2, -0.15) is 0 Å². The highest BCUT2D eigenvalue weighted by atomic mass is 16.5. The Bertz CT molecular complexity index is 585. The van der Waals surface area contributed by atoms with Crippen LogP contribution in [0.5, 0.6) is 5.75 Å². The van der Waals surface area contributed by atoms with E-state index in [9.17, 15) is 0 Å². The number of benzene rings is 2. The minimum Gasteiger partial charge on any atom is -0.490 e. The summed E-state index contributed by atoms with van der Waals surface area (Å²) in [6.45, 7) is 3.02. The molecular weight excluding hydrogens is 246 g/mol. The number of hydrogen-bond acceptors (Lipinski definition) is 2. The molecule has 20 heavy (non-hydrogen) atoms. The number of nitrogens with one attached hydrogen (secondary N) is 1. The van der Waals surface area contributed by atoms with Gasteiger partial charge in [0.1, 0.15) is 5.75 Å². The summed E-state index contributed by atoms with van der Waals surface area (Å²) in [6.07, 6.45) is 2.86. The maximum Gasteiger partial charge on any atom is 0.119 e. The Balaban J connectivity index is 1.88. The topological polar surface area (TPSA) is 21.3 Å². The molecule has 0 heterocycles. The molecule has 3 rings (SSSR count). The summed E-state index contributed by atoms with van der Waals surface area (Å²) in [5, 5.41) is 3.23. The van der Waals surface area contributed by atoms with E-state index < -0.39 is 0 Å². The quantitative estimate of drug-likeness (QED) is 0.886. The largest absolute Gasteiger partial charge is 0.490 e. The van der Waals surface area contributed by atoms with E-state index in [2.05, 4.69) is 54.7 Å². The fraction of sp³-hybridized carbons (Fsp3) is 0.333. The van der Waals surface area contributed by atoms with Crippen LogP contribution < -0.4 is 10.1 Å². The standard InChI is InChI=1S/C18H21NO/c1-13-3-4-15(12-19-2)18(11-13)14-5-7-16(8-6-14)20-17-9-10-17/h3-8,11,17,19H,9-10,12H2,1-2H3. The van der Waals surface area contributed by atoms with Crippen LogP contribution in [0.1, 0.15) is 24.0 Å². The van der Waals surface area contributed by atoms with E-state index in [1.165, 1.54) is 35.1 Å². The van der Waals surface area contributed by atoms with Crippen molar-refractivity contribution in [1.82, 2.24) is 5.32 Å². The molecule has 0 radical (unpaired) electrons. The number of ether oxygens (including phenoxy) is 1. The van der Waals surface area contributed by atoms with Crippen LogP contribution >= 0.6 is 0 Å². The second-order valence-electron chi connectivity index (χ2n) is 5.53. The lowest BCUT2D eigenvalue weighted by molar-refractivity contribution is 0.303. The monoisotopic (exact) mass is 267 g/mol. The minimum absolute atomic E-state index is 0.458. The van der Waals surface area contributed by atoms with Gasteiger partial charge in [0.2, 0.25) is 0 Å². The fourth-order valence-corrected chi connectivity index (χ4v) is 2.40. The Kier molecular flexibility index (Phi) is 3.75. The summed E-state index contributed by atoms with van der Waals surface area (Å²) in [6, 6.07) is 15.1. The van der Waals surface area contributed by atoms with Crippen LogP contribution in [0.25, 0.3) is 11.1 Å². The maximum absolute atomic E-state index is 5.81. The van der Waals surface area contributed by atoms with Gasteiger partial charge in [0.15, 0.2) is 0 Å². The van der Waals surface area contributed by atoms with E-state index >= 15 is 0 Å². The van der Waals surface area contributed by atoms with Gasteiger partial charge in [-0.05, 0) is 55.6 Å². The van der Waals surface area contributed by atoms with E-state index in [4.69, 9.17) is 4.74 Å². The van der Waals surface area contributed by atoms with Crippen molar-refractivity contribution in [2.45, 2.75) is 32.4 Å². The zero-order valence-electron chi connectivity index (χ0n) is 12.1. The summed E-state index contributed by atoms with van der Waals surface area (Å²) in [4.78, 5) is 0. The molecule has 0 saturated heterocycles. The van der Waals surface area contributed by atoms with Crippen molar-refractivity contribution in [3.05, 3.63) is 53.6 Å². The van der Waals surface area contributed by atoms with E-state index in [1.54, 1.807) is 0 Å². The third-order valence-electron chi connectivity index (χ3n) is 3.63. The second kappa shape index (κ2) is 5.68. The van der Waals surface area contributed by atoms with Crippen molar-refractivity contribution >= 4 is 0 Å². The Hall–Kier alpha value is -1.80. The Morgan fingerprint density at radius 1 is 1.10 bits per heavy atom. The lowest BCUT2D eigenvalue weighted by Gasteiger charge is -2.12. The minimum atomic E-state index is 0.458. The van der Waals surface area contributed by atoms with Crippen molar-refractivity contribution < 1.29 is 4.74 Å². The van der Waals surface area contributed by atoms with Crippen LogP contribution in [0, 0.1) is 6.92 Å². The first kappa shape index (κ1) is 13.2. The molecule has 1 N–H and O–H groups in total. The first-order chi connectivity index (χ1) is 9.76. The van der Waals surface area contributed by atoms with Gasteiger partial charge in [0, 0.05) is 6.54 Å². The van der Waals surface area contributed by atoms with Crippen molar-refractivity contribution in [3.8, 4) is 16.9 Å². The van der Waals surface area contributed by atoms with Crippen LogP contribution in [0.2, 0.25) is 0 Å². The molecule has 2 nitrogen and oxygen atoms in total. The van der Waals surface area contributed by atoms with E-state index in [0.29, 0.717) is 6.10 Å². The SMILES string of the molecule is CNCc1ccc(C)cc1-c1ccc(OC2CC2)cc1. The highest BCUT2D eigenvalue weighted by Gasteiger charge is 2.23. The summed E-state index contributed by atoms with van der Waals surface area (Å²) in [5.74, 6) is 0.985. The number of aryl methyl sites for hydroxylation is 1. The van der Waals surface area contributed by atoms with Crippen molar-refractivity contribution in [2.24, 2.45) is 0 Å². The summed E-state index contributed by atoms with van der Waals surface area (Å²) in [5.41, 5.74) is 5.17. The summed E-state index contributed by atoms with van der Waals surface area (Å²) in [7, 11) is 1.98. The predicted octanol–water partition coefficient (Wildman–Crippen LogP) is 3.92. The van der Waals surface area contributed by atoms with E-state index in [1.807, 2.05) is 7.05 Å². The van der Waals surface area contributed by atoms with Crippen molar-refractivity contribution in [2.75, 3.05) is 7.05 Å². The molecule has 2 heteroatoms. The molecule has 1 saturated carbocycles. The highest BCUT2D eigenvalue weighted by Crippen LogP contribution is 2.30. The number of hydrogen-bond donors (Lipinski definition) is 1. The van der Waals surface area contributed by atoms with Crippen molar-refractivity contribution in [3.63, 3.8) is 0 Å². The summed E-state index contributed by atoms with van der Waals surface area (Å²) < 4.78 is 5.81. The van der Waals surface area contributed by atoms with Gasteiger partial charge in [-0.15, -0.1) is 0 Å². The van der Waals surface area contributed by atoms with Crippen LogP contribution in [0.15, 0.2) is 42.5 Å². The highest BCUT2D eigenvalue weighted by molar-refractivity contribution is 5.68. The molecule has 0 aromatic heterocycles. The Labute approximate surface area is 120 Å². The average molecular weight is 267 g/mol. The molecule has 0 amide bonds. The third kappa shape index (κ3) is 3.02. The van der Waals surface area contributed by atoms with Gasteiger partial charge in [0.05, 0.1) is 6.10 Å². The smallest absolute Gasteiger partial charge is 0.119 e. The first-order valence-electron chi connectivity index (χ1n) is 7.27. The Morgan fingerprint density at radius 2 is 1.85 bits per heavy atom.